The lowest BCUT2D eigenvalue weighted by Crippen LogP contribution is -2.30. The van der Waals surface area contributed by atoms with Gasteiger partial charge in [-0.2, -0.15) is 0 Å². The minimum Gasteiger partial charge on any atom is -0.483 e. The Balaban J connectivity index is 2.11. The lowest BCUT2D eigenvalue weighted by atomic mass is 10.2. The van der Waals surface area contributed by atoms with Gasteiger partial charge in [-0.15, -0.1) is 0 Å². The molecule has 2 rings (SSSR count). The van der Waals surface area contributed by atoms with Crippen LogP contribution in [0.4, 0.5) is 0 Å². The normalized spacial score (nSPS) is 25.2. The SMILES string of the molecule is CCN1C[C@@H](O)[C@H](Oc2c(Cl)cccc2Cl)C1. The molecule has 5 heteroatoms. The third-order valence-corrected chi connectivity index (χ3v) is 3.54. The first-order valence-corrected chi connectivity index (χ1v) is 6.38. The maximum absolute atomic E-state index is 9.88. The molecule has 1 aromatic carbocycles. The van der Waals surface area contributed by atoms with E-state index in [1.54, 1.807) is 18.2 Å². The summed E-state index contributed by atoms with van der Waals surface area (Å²) >= 11 is 12.0. The number of halogens is 2. The summed E-state index contributed by atoms with van der Waals surface area (Å²) in [7, 11) is 0. The molecule has 0 unspecified atom stereocenters. The van der Waals surface area contributed by atoms with Crippen LogP contribution in [0.3, 0.4) is 0 Å². The highest BCUT2D eigenvalue weighted by molar-refractivity contribution is 6.37. The van der Waals surface area contributed by atoms with Gasteiger partial charge < -0.3 is 9.84 Å². The average molecular weight is 276 g/mol. The molecule has 1 heterocycles. The van der Waals surface area contributed by atoms with Crippen molar-refractivity contribution in [2.24, 2.45) is 0 Å². The molecule has 0 spiro atoms. The second-order valence-electron chi connectivity index (χ2n) is 4.13. The van der Waals surface area contributed by atoms with Gasteiger partial charge in [0.1, 0.15) is 12.2 Å². The number of ether oxygens (including phenoxy) is 1. The molecule has 0 amide bonds. The third-order valence-electron chi connectivity index (χ3n) is 2.95. The van der Waals surface area contributed by atoms with E-state index in [1.165, 1.54) is 0 Å². The van der Waals surface area contributed by atoms with Gasteiger partial charge in [0.15, 0.2) is 5.75 Å². The Morgan fingerprint density at radius 2 is 2.00 bits per heavy atom. The number of hydrogen-bond donors (Lipinski definition) is 1. The second kappa shape index (κ2) is 5.44. The number of rotatable bonds is 3. The van der Waals surface area contributed by atoms with Crippen molar-refractivity contribution in [3.05, 3.63) is 28.2 Å². The number of β-amino-alcohol motifs (C(OH)–C–C–N with tert-alkyl or cyclic N) is 1. The van der Waals surface area contributed by atoms with Gasteiger partial charge in [0, 0.05) is 13.1 Å². The number of hydrogen-bond acceptors (Lipinski definition) is 3. The molecule has 1 aliphatic rings. The Hall–Kier alpha value is -0.480. The number of likely N-dealkylation sites (N-methyl/N-ethyl adjacent to an activating group) is 1. The molecule has 0 radical (unpaired) electrons. The molecule has 0 saturated carbocycles. The van der Waals surface area contributed by atoms with Crippen molar-refractivity contribution in [2.75, 3.05) is 19.6 Å². The molecule has 17 heavy (non-hydrogen) atoms. The smallest absolute Gasteiger partial charge is 0.157 e. The zero-order valence-corrected chi connectivity index (χ0v) is 11.1. The van der Waals surface area contributed by atoms with Crippen LogP contribution < -0.4 is 4.74 Å². The molecule has 3 nitrogen and oxygen atoms in total. The van der Waals surface area contributed by atoms with E-state index in [0.29, 0.717) is 28.9 Å². The van der Waals surface area contributed by atoms with Crippen molar-refractivity contribution in [1.29, 1.82) is 0 Å². The Morgan fingerprint density at radius 1 is 1.35 bits per heavy atom. The molecule has 1 N–H and O–H groups in total. The zero-order chi connectivity index (χ0) is 12.4. The summed E-state index contributed by atoms with van der Waals surface area (Å²) < 4.78 is 5.73. The van der Waals surface area contributed by atoms with Crippen molar-refractivity contribution in [2.45, 2.75) is 19.1 Å². The second-order valence-corrected chi connectivity index (χ2v) is 4.94. The summed E-state index contributed by atoms with van der Waals surface area (Å²) in [6, 6.07) is 5.21. The number of nitrogens with zero attached hydrogens (tertiary/aromatic N) is 1. The predicted molar refractivity (Wildman–Crippen MR) is 69.0 cm³/mol. The Bertz CT molecular complexity index is 380. The van der Waals surface area contributed by atoms with Crippen LogP contribution in [0.15, 0.2) is 18.2 Å². The van der Waals surface area contributed by atoms with Crippen LogP contribution in [0.5, 0.6) is 5.75 Å². The Labute approximate surface area is 111 Å². The van der Waals surface area contributed by atoms with E-state index in [4.69, 9.17) is 27.9 Å². The standard InChI is InChI=1S/C12H15Cl2NO2/c1-2-15-6-10(16)11(7-15)17-12-8(13)4-3-5-9(12)14/h3-5,10-11,16H,2,6-7H2,1H3/t10-,11-/m1/s1. The molecule has 0 aromatic heterocycles. The summed E-state index contributed by atoms with van der Waals surface area (Å²) in [5.74, 6) is 0.456. The van der Waals surface area contributed by atoms with E-state index in [1.807, 2.05) is 0 Å². The molecule has 1 aromatic rings. The van der Waals surface area contributed by atoms with Gasteiger partial charge in [-0.3, -0.25) is 4.90 Å². The number of aliphatic hydroxyl groups is 1. The monoisotopic (exact) mass is 275 g/mol. The summed E-state index contributed by atoms with van der Waals surface area (Å²) in [6.07, 6.45) is -0.769. The van der Waals surface area contributed by atoms with Gasteiger partial charge in [0.25, 0.3) is 0 Å². The topological polar surface area (TPSA) is 32.7 Å². The van der Waals surface area contributed by atoms with Crippen LogP contribution in [0.25, 0.3) is 0 Å². The summed E-state index contributed by atoms with van der Waals surface area (Å²) in [6.45, 7) is 4.27. The van der Waals surface area contributed by atoms with E-state index >= 15 is 0 Å². The number of likely N-dealkylation sites (tertiary alicyclic amines) is 1. The van der Waals surface area contributed by atoms with Crippen molar-refractivity contribution in [3.8, 4) is 5.75 Å². The highest BCUT2D eigenvalue weighted by Gasteiger charge is 2.32. The number of aliphatic hydroxyl groups excluding tert-OH is 1. The van der Waals surface area contributed by atoms with E-state index < -0.39 is 6.10 Å². The van der Waals surface area contributed by atoms with Crippen molar-refractivity contribution < 1.29 is 9.84 Å². The molecule has 1 saturated heterocycles. The molecular formula is C12H15Cl2NO2. The fraction of sp³-hybridized carbons (Fsp3) is 0.500. The molecular weight excluding hydrogens is 261 g/mol. The predicted octanol–water partition coefficient (Wildman–Crippen LogP) is 2.44. The van der Waals surface area contributed by atoms with E-state index in [-0.39, 0.29) is 6.10 Å². The summed E-state index contributed by atoms with van der Waals surface area (Å²) in [4.78, 5) is 2.13. The fourth-order valence-corrected chi connectivity index (χ4v) is 2.44. The van der Waals surface area contributed by atoms with E-state index in [2.05, 4.69) is 11.8 Å². The van der Waals surface area contributed by atoms with Crippen molar-refractivity contribution in [1.82, 2.24) is 4.90 Å². The van der Waals surface area contributed by atoms with Crippen molar-refractivity contribution in [3.63, 3.8) is 0 Å². The maximum Gasteiger partial charge on any atom is 0.157 e. The van der Waals surface area contributed by atoms with Crippen LogP contribution in [0.1, 0.15) is 6.92 Å². The fourth-order valence-electron chi connectivity index (χ4n) is 1.95. The van der Waals surface area contributed by atoms with Crippen LogP contribution in [-0.2, 0) is 0 Å². The number of para-hydroxylation sites is 1. The number of benzene rings is 1. The first-order chi connectivity index (χ1) is 8.11. The highest BCUT2D eigenvalue weighted by atomic mass is 35.5. The van der Waals surface area contributed by atoms with Gasteiger partial charge >= 0.3 is 0 Å². The van der Waals surface area contributed by atoms with Crippen LogP contribution in [0, 0.1) is 0 Å². The third kappa shape index (κ3) is 2.86. The lowest BCUT2D eigenvalue weighted by molar-refractivity contribution is 0.0738. The van der Waals surface area contributed by atoms with Gasteiger partial charge in [0.05, 0.1) is 10.0 Å². The van der Waals surface area contributed by atoms with Crippen LogP contribution in [-0.4, -0.2) is 41.8 Å². The van der Waals surface area contributed by atoms with Gasteiger partial charge in [-0.25, -0.2) is 0 Å². The highest BCUT2D eigenvalue weighted by Crippen LogP contribution is 2.34. The Kier molecular flexibility index (Phi) is 4.15. The molecule has 2 atom stereocenters. The van der Waals surface area contributed by atoms with Crippen LogP contribution in [0.2, 0.25) is 10.0 Å². The molecule has 1 aliphatic heterocycles. The zero-order valence-electron chi connectivity index (χ0n) is 9.57. The molecule has 0 aliphatic carbocycles. The van der Waals surface area contributed by atoms with Gasteiger partial charge in [0.2, 0.25) is 0 Å². The Morgan fingerprint density at radius 3 is 2.53 bits per heavy atom. The largest absolute Gasteiger partial charge is 0.483 e. The average Bonchev–Trinajstić information content (AvgIpc) is 2.65. The first kappa shape index (κ1) is 13.0. The van der Waals surface area contributed by atoms with E-state index in [0.717, 1.165) is 6.54 Å². The van der Waals surface area contributed by atoms with E-state index in [9.17, 15) is 5.11 Å². The minimum atomic E-state index is -0.498. The minimum absolute atomic E-state index is 0.271. The van der Waals surface area contributed by atoms with Gasteiger partial charge in [-0.05, 0) is 18.7 Å². The molecule has 0 bridgehead atoms. The molecule has 1 fully saturated rings. The quantitative estimate of drug-likeness (QED) is 0.920. The first-order valence-electron chi connectivity index (χ1n) is 5.63. The molecule has 94 valence electrons. The van der Waals surface area contributed by atoms with Crippen molar-refractivity contribution >= 4 is 23.2 Å². The lowest BCUT2D eigenvalue weighted by Gasteiger charge is -2.18. The van der Waals surface area contributed by atoms with Gasteiger partial charge in [-0.1, -0.05) is 36.2 Å². The maximum atomic E-state index is 9.88. The summed E-state index contributed by atoms with van der Waals surface area (Å²) in [5, 5.41) is 10.8. The van der Waals surface area contributed by atoms with Crippen LogP contribution >= 0.6 is 23.2 Å². The summed E-state index contributed by atoms with van der Waals surface area (Å²) in [5.41, 5.74) is 0.